The number of rotatable bonds is 5. The van der Waals surface area contributed by atoms with Crippen LogP contribution in [0.25, 0.3) is 0 Å². The van der Waals surface area contributed by atoms with Crippen LogP contribution in [0.1, 0.15) is 5.56 Å². The first-order valence-corrected chi connectivity index (χ1v) is 8.22. The number of para-hydroxylation sites is 1. The first-order valence-electron chi connectivity index (χ1n) is 7.34. The lowest BCUT2D eigenvalue weighted by Gasteiger charge is -2.09. The molecule has 0 bridgehead atoms. The van der Waals surface area contributed by atoms with Crippen LogP contribution in [-0.4, -0.2) is 27.9 Å². The van der Waals surface area contributed by atoms with E-state index >= 15 is 0 Å². The minimum atomic E-state index is -0.959. The Hall–Kier alpha value is -2.67. The highest BCUT2D eigenvalue weighted by Gasteiger charge is 2.42. The molecule has 6 nitrogen and oxygen atoms in total. The van der Waals surface area contributed by atoms with Crippen molar-refractivity contribution in [1.29, 1.82) is 0 Å². The molecule has 1 N–H and O–H groups in total. The van der Waals surface area contributed by atoms with Gasteiger partial charge in [-0.25, -0.2) is 0 Å². The molecule has 3 rings (SSSR count). The molecular formula is C17H14N2O4S. The van der Waals surface area contributed by atoms with Crippen molar-refractivity contribution < 1.29 is 14.5 Å². The molecule has 122 valence electrons. The number of amides is 1. The first-order chi connectivity index (χ1) is 11.6. The zero-order valence-electron chi connectivity index (χ0n) is 12.5. The number of carbonyl (C=O) groups excluding carboxylic acids is 2. The molecule has 1 saturated heterocycles. The van der Waals surface area contributed by atoms with E-state index in [1.54, 1.807) is 18.2 Å². The Kier molecular flexibility index (Phi) is 4.61. The number of benzene rings is 2. The number of nitro groups is 1. The highest BCUT2D eigenvalue weighted by atomic mass is 32.2. The zero-order chi connectivity index (χ0) is 17.1. The topological polar surface area (TPSA) is 89.3 Å². The van der Waals surface area contributed by atoms with Crippen molar-refractivity contribution >= 4 is 29.1 Å². The molecule has 1 aliphatic heterocycles. The third-order valence-corrected chi connectivity index (χ3v) is 5.03. The molecule has 0 aliphatic carbocycles. The highest BCUT2D eigenvalue weighted by molar-refractivity contribution is 8.01. The Bertz CT molecular complexity index is 794. The van der Waals surface area contributed by atoms with E-state index in [0.29, 0.717) is 11.3 Å². The average Bonchev–Trinajstić information content (AvgIpc) is 2.84. The third kappa shape index (κ3) is 3.30. The van der Waals surface area contributed by atoms with Gasteiger partial charge in [0.25, 0.3) is 5.69 Å². The Labute approximate surface area is 142 Å². The van der Waals surface area contributed by atoms with Gasteiger partial charge < -0.3 is 5.32 Å². The molecule has 2 aromatic carbocycles. The van der Waals surface area contributed by atoms with E-state index in [4.69, 9.17) is 0 Å². The third-order valence-electron chi connectivity index (χ3n) is 3.75. The fourth-order valence-corrected chi connectivity index (χ4v) is 3.71. The Balaban J connectivity index is 1.77. The van der Waals surface area contributed by atoms with Crippen LogP contribution in [0.5, 0.6) is 0 Å². The number of hydrogen-bond acceptors (Lipinski definition) is 5. The Morgan fingerprint density at radius 3 is 2.42 bits per heavy atom. The van der Waals surface area contributed by atoms with E-state index in [1.807, 2.05) is 30.3 Å². The van der Waals surface area contributed by atoms with Crippen LogP contribution >= 0.6 is 11.8 Å². The van der Waals surface area contributed by atoms with Gasteiger partial charge in [0.2, 0.25) is 5.91 Å². The van der Waals surface area contributed by atoms with Gasteiger partial charge in [-0.3, -0.25) is 19.7 Å². The van der Waals surface area contributed by atoms with Gasteiger partial charge in [-0.1, -0.05) is 54.2 Å². The standard InChI is InChI=1S/C17H14N2O4S/c20-15-12(10-11-6-2-1-3-7-11)18-17(21)16(15)24-14-9-5-4-8-13(14)19(22)23/h1-9,12,16H,10H2,(H,18,21). The van der Waals surface area contributed by atoms with Crippen LogP contribution in [0, 0.1) is 10.1 Å². The van der Waals surface area contributed by atoms with Crippen molar-refractivity contribution in [3.63, 3.8) is 0 Å². The van der Waals surface area contributed by atoms with E-state index < -0.39 is 22.1 Å². The summed E-state index contributed by atoms with van der Waals surface area (Å²) in [7, 11) is 0. The lowest BCUT2D eigenvalue weighted by molar-refractivity contribution is -0.387. The van der Waals surface area contributed by atoms with Crippen molar-refractivity contribution in [2.75, 3.05) is 0 Å². The quantitative estimate of drug-likeness (QED) is 0.512. The summed E-state index contributed by atoms with van der Waals surface area (Å²) >= 11 is 0.933. The minimum Gasteiger partial charge on any atom is -0.345 e. The number of ketones is 1. The molecule has 0 aromatic heterocycles. The lowest BCUT2D eigenvalue weighted by Crippen LogP contribution is -2.31. The number of hydrogen-bond donors (Lipinski definition) is 1. The summed E-state index contributed by atoms with van der Waals surface area (Å²) in [6.45, 7) is 0. The molecule has 7 heteroatoms. The van der Waals surface area contributed by atoms with Gasteiger partial charge in [0.15, 0.2) is 5.78 Å². The lowest BCUT2D eigenvalue weighted by atomic mass is 10.0. The Morgan fingerprint density at radius 2 is 1.71 bits per heavy atom. The van der Waals surface area contributed by atoms with Gasteiger partial charge in [0.1, 0.15) is 5.25 Å². The minimum absolute atomic E-state index is 0.102. The number of nitrogens with zero attached hydrogens (tertiary/aromatic N) is 1. The number of thioether (sulfide) groups is 1. The van der Waals surface area contributed by atoms with E-state index in [9.17, 15) is 19.7 Å². The fourth-order valence-electron chi connectivity index (χ4n) is 2.58. The van der Waals surface area contributed by atoms with E-state index in [-0.39, 0.29) is 11.5 Å². The summed E-state index contributed by atoms with van der Waals surface area (Å²) in [5.74, 6) is -0.643. The normalized spacial score (nSPS) is 20.0. The van der Waals surface area contributed by atoms with Crippen LogP contribution in [0.3, 0.4) is 0 Å². The van der Waals surface area contributed by atoms with Crippen molar-refractivity contribution in [3.8, 4) is 0 Å². The molecule has 1 heterocycles. The second-order valence-electron chi connectivity index (χ2n) is 5.38. The van der Waals surface area contributed by atoms with E-state index in [2.05, 4.69) is 5.32 Å². The molecule has 24 heavy (non-hydrogen) atoms. The highest BCUT2D eigenvalue weighted by Crippen LogP contribution is 2.34. The Morgan fingerprint density at radius 1 is 1.04 bits per heavy atom. The first kappa shape index (κ1) is 16.2. The maximum absolute atomic E-state index is 12.5. The summed E-state index contributed by atoms with van der Waals surface area (Å²) in [4.78, 5) is 35.6. The van der Waals surface area contributed by atoms with Crippen LogP contribution in [-0.2, 0) is 16.0 Å². The fraction of sp³-hybridized carbons (Fsp3) is 0.176. The van der Waals surface area contributed by atoms with Gasteiger partial charge in [0.05, 0.1) is 15.9 Å². The van der Waals surface area contributed by atoms with Crippen LogP contribution < -0.4 is 5.32 Å². The SMILES string of the molecule is O=C1NC(Cc2ccccc2)C(=O)C1Sc1ccccc1[N+](=O)[O-]. The van der Waals surface area contributed by atoms with Crippen LogP contribution in [0.4, 0.5) is 5.69 Å². The predicted molar refractivity (Wildman–Crippen MR) is 89.8 cm³/mol. The van der Waals surface area contributed by atoms with Crippen LogP contribution in [0.15, 0.2) is 59.5 Å². The molecule has 0 spiro atoms. The molecule has 2 atom stereocenters. The van der Waals surface area contributed by atoms with Gasteiger partial charge in [-0.2, -0.15) is 0 Å². The maximum Gasteiger partial charge on any atom is 0.282 e. The number of carbonyl (C=O) groups is 2. The zero-order valence-corrected chi connectivity index (χ0v) is 13.4. The molecule has 2 aromatic rings. The molecule has 0 radical (unpaired) electrons. The molecule has 2 unspecified atom stereocenters. The molecule has 1 fully saturated rings. The summed E-state index contributed by atoms with van der Waals surface area (Å²) in [5, 5.41) is 12.8. The molecular weight excluding hydrogens is 328 g/mol. The van der Waals surface area contributed by atoms with E-state index in [0.717, 1.165) is 17.3 Å². The van der Waals surface area contributed by atoms with Crippen molar-refractivity contribution in [2.24, 2.45) is 0 Å². The average molecular weight is 342 g/mol. The summed E-state index contributed by atoms with van der Waals surface area (Å²) in [6, 6.07) is 14.9. The molecule has 1 aliphatic rings. The summed E-state index contributed by atoms with van der Waals surface area (Å²) in [5.41, 5.74) is 0.849. The number of nitrogens with one attached hydrogen (secondary N) is 1. The van der Waals surface area contributed by atoms with Crippen molar-refractivity contribution in [3.05, 3.63) is 70.3 Å². The monoisotopic (exact) mass is 342 g/mol. The molecule has 1 amide bonds. The van der Waals surface area contributed by atoms with E-state index in [1.165, 1.54) is 6.07 Å². The second kappa shape index (κ2) is 6.84. The predicted octanol–water partition coefficient (Wildman–Crippen LogP) is 2.37. The molecule has 0 saturated carbocycles. The summed E-state index contributed by atoms with van der Waals surface area (Å²) in [6.07, 6.45) is 0.416. The number of nitro benzene ring substituents is 1. The van der Waals surface area contributed by atoms with Crippen molar-refractivity contribution in [2.45, 2.75) is 22.6 Å². The van der Waals surface area contributed by atoms with Crippen molar-refractivity contribution in [1.82, 2.24) is 5.32 Å². The second-order valence-corrected chi connectivity index (χ2v) is 6.52. The van der Waals surface area contributed by atoms with Gasteiger partial charge in [-0.05, 0) is 18.1 Å². The van der Waals surface area contributed by atoms with Gasteiger partial charge in [0, 0.05) is 6.07 Å². The smallest absolute Gasteiger partial charge is 0.282 e. The van der Waals surface area contributed by atoms with Crippen LogP contribution in [0.2, 0.25) is 0 Å². The largest absolute Gasteiger partial charge is 0.345 e. The van der Waals surface area contributed by atoms with Gasteiger partial charge in [-0.15, -0.1) is 0 Å². The number of Topliss-reactive ketones (excluding diaryl/α,β-unsaturated/α-hetero) is 1. The maximum atomic E-state index is 12.5. The summed E-state index contributed by atoms with van der Waals surface area (Å²) < 4.78 is 0. The van der Waals surface area contributed by atoms with Gasteiger partial charge >= 0.3 is 0 Å².